The van der Waals surface area contributed by atoms with Crippen LogP contribution in [-0.2, 0) is 0 Å². The van der Waals surface area contributed by atoms with E-state index in [0.717, 1.165) is 19.4 Å². The summed E-state index contributed by atoms with van der Waals surface area (Å²) in [4.78, 5) is 19.9. The van der Waals surface area contributed by atoms with Crippen LogP contribution in [0, 0.1) is 10.1 Å². The molecule has 19 heavy (non-hydrogen) atoms. The van der Waals surface area contributed by atoms with Crippen molar-refractivity contribution in [1.29, 1.82) is 0 Å². The molecule has 0 atom stereocenters. The highest BCUT2D eigenvalue weighted by atomic mass is 16.6. The zero-order valence-electron chi connectivity index (χ0n) is 11.0. The first kappa shape index (κ1) is 15.1. The quantitative estimate of drug-likeness (QED) is 0.395. The molecule has 1 heterocycles. The number of rotatable bonds is 8. The van der Waals surface area contributed by atoms with Gasteiger partial charge in [0.05, 0.1) is 4.92 Å². The maximum atomic E-state index is 11.0. The van der Waals surface area contributed by atoms with Crippen LogP contribution in [0.4, 0.5) is 11.5 Å². The van der Waals surface area contributed by atoms with Crippen LogP contribution in [0.25, 0.3) is 0 Å². The van der Waals surface area contributed by atoms with Gasteiger partial charge >= 0.3 is 5.69 Å². The molecular weight excluding hydrogens is 252 g/mol. The second-order valence-corrected chi connectivity index (χ2v) is 3.65. The number of nitrogens with two attached hydrogens (primary N) is 1. The molecule has 1 rings (SSSR count). The lowest BCUT2D eigenvalue weighted by Gasteiger charge is -2.17. The molecule has 0 bridgehead atoms. The first-order chi connectivity index (χ1) is 9.13. The van der Waals surface area contributed by atoms with Crippen LogP contribution < -0.4 is 16.0 Å². The van der Waals surface area contributed by atoms with Crippen LogP contribution in [0.15, 0.2) is 6.33 Å². The standard InChI is InChI=1S/C10H18N6O3/c1-3-15(4-2)5-6-19-10-8(16(17)18)9(14-11)12-7-13-10/h7H,3-6,11H2,1-2H3,(H,12,13,14). The van der Waals surface area contributed by atoms with Gasteiger partial charge in [0, 0.05) is 6.54 Å². The fraction of sp³-hybridized carbons (Fsp3) is 0.600. The maximum absolute atomic E-state index is 11.0. The first-order valence-electron chi connectivity index (χ1n) is 5.95. The number of nitrogen functional groups attached to an aromatic ring is 1. The second-order valence-electron chi connectivity index (χ2n) is 3.65. The largest absolute Gasteiger partial charge is 0.471 e. The summed E-state index contributed by atoms with van der Waals surface area (Å²) in [6, 6.07) is 0. The van der Waals surface area contributed by atoms with E-state index < -0.39 is 4.92 Å². The van der Waals surface area contributed by atoms with Gasteiger partial charge in [0.25, 0.3) is 5.88 Å². The van der Waals surface area contributed by atoms with Crippen molar-refractivity contribution in [3.63, 3.8) is 0 Å². The van der Waals surface area contributed by atoms with Crippen LogP contribution in [0.3, 0.4) is 0 Å². The highest BCUT2D eigenvalue weighted by molar-refractivity contribution is 5.60. The molecule has 106 valence electrons. The van der Waals surface area contributed by atoms with Gasteiger partial charge in [-0.15, -0.1) is 0 Å². The van der Waals surface area contributed by atoms with E-state index in [4.69, 9.17) is 10.6 Å². The Balaban J connectivity index is 2.75. The molecule has 1 aromatic heterocycles. The minimum atomic E-state index is -0.623. The molecule has 1 aromatic rings. The van der Waals surface area contributed by atoms with E-state index in [-0.39, 0.29) is 17.4 Å². The number of anilines is 1. The van der Waals surface area contributed by atoms with Crippen LogP contribution in [0.5, 0.6) is 5.88 Å². The summed E-state index contributed by atoms with van der Waals surface area (Å²) in [5, 5.41) is 11.0. The number of aromatic nitrogens is 2. The third kappa shape index (κ3) is 4.00. The van der Waals surface area contributed by atoms with Gasteiger partial charge in [0.2, 0.25) is 5.82 Å². The van der Waals surface area contributed by atoms with E-state index in [1.807, 2.05) is 13.8 Å². The molecule has 3 N–H and O–H groups in total. The van der Waals surface area contributed by atoms with Gasteiger partial charge in [-0.25, -0.2) is 10.8 Å². The Bertz CT molecular complexity index is 424. The van der Waals surface area contributed by atoms with Crippen molar-refractivity contribution in [2.75, 3.05) is 31.7 Å². The number of likely N-dealkylation sites (N-methyl/N-ethyl adjacent to an activating group) is 1. The number of nitrogens with zero attached hydrogens (tertiary/aromatic N) is 4. The Morgan fingerprint density at radius 1 is 1.47 bits per heavy atom. The molecule has 0 amide bonds. The third-order valence-corrected chi connectivity index (χ3v) is 2.65. The molecule has 0 aromatic carbocycles. The maximum Gasteiger partial charge on any atom is 0.374 e. The molecule has 0 unspecified atom stereocenters. The molecule has 9 nitrogen and oxygen atoms in total. The Hall–Kier alpha value is -2.00. The van der Waals surface area contributed by atoms with E-state index in [1.165, 1.54) is 0 Å². The minimum Gasteiger partial charge on any atom is -0.471 e. The molecule has 0 aliphatic rings. The smallest absolute Gasteiger partial charge is 0.374 e. The molecule has 0 aliphatic carbocycles. The summed E-state index contributed by atoms with van der Waals surface area (Å²) in [5.41, 5.74) is 1.80. The van der Waals surface area contributed by atoms with Crippen molar-refractivity contribution in [2.45, 2.75) is 13.8 Å². The van der Waals surface area contributed by atoms with E-state index in [9.17, 15) is 10.1 Å². The van der Waals surface area contributed by atoms with Gasteiger partial charge in [0.15, 0.2) is 0 Å². The predicted octanol–water partition coefficient (Wildman–Crippen LogP) is 0.391. The van der Waals surface area contributed by atoms with Gasteiger partial charge in [0.1, 0.15) is 12.9 Å². The van der Waals surface area contributed by atoms with Gasteiger partial charge in [-0.2, -0.15) is 4.98 Å². The summed E-state index contributed by atoms with van der Waals surface area (Å²) in [7, 11) is 0. The normalized spacial score (nSPS) is 10.5. The van der Waals surface area contributed by atoms with E-state index in [2.05, 4.69) is 20.3 Å². The van der Waals surface area contributed by atoms with Crippen molar-refractivity contribution >= 4 is 11.5 Å². The highest BCUT2D eigenvalue weighted by Gasteiger charge is 2.23. The van der Waals surface area contributed by atoms with E-state index in [1.54, 1.807) is 0 Å². The van der Waals surface area contributed by atoms with Crippen molar-refractivity contribution < 1.29 is 9.66 Å². The van der Waals surface area contributed by atoms with E-state index in [0.29, 0.717) is 13.2 Å². The zero-order chi connectivity index (χ0) is 14.3. The first-order valence-corrected chi connectivity index (χ1v) is 5.95. The predicted molar refractivity (Wildman–Crippen MR) is 69.8 cm³/mol. The topological polar surface area (TPSA) is 119 Å². The lowest BCUT2D eigenvalue weighted by Crippen LogP contribution is -2.28. The number of nitro groups is 1. The van der Waals surface area contributed by atoms with Crippen LogP contribution in [-0.4, -0.2) is 46.0 Å². The van der Waals surface area contributed by atoms with Gasteiger partial charge in [-0.05, 0) is 13.1 Å². The van der Waals surface area contributed by atoms with Gasteiger partial charge < -0.3 is 15.1 Å². The average molecular weight is 270 g/mol. The van der Waals surface area contributed by atoms with Crippen LogP contribution in [0.2, 0.25) is 0 Å². The van der Waals surface area contributed by atoms with Gasteiger partial charge in [-0.1, -0.05) is 13.8 Å². The van der Waals surface area contributed by atoms with Crippen molar-refractivity contribution in [3.8, 4) is 5.88 Å². The summed E-state index contributed by atoms with van der Waals surface area (Å²) in [6.45, 7) is 6.83. The van der Waals surface area contributed by atoms with Crippen LogP contribution in [0.1, 0.15) is 13.8 Å². The van der Waals surface area contributed by atoms with Crippen LogP contribution >= 0.6 is 0 Å². The van der Waals surface area contributed by atoms with E-state index >= 15 is 0 Å². The number of ether oxygens (including phenoxy) is 1. The molecule has 0 radical (unpaired) electrons. The monoisotopic (exact) mass is 270 g/mol. The fourth-order valence-corrected chi connectivity index (χ4v) is 1.55. The summed E-state index contributed by atoms with van der Waals surface area (Å²) in [5.74, 6) is 5.01. The van der Waals surface area contributed by atoms with Crippen molar-refractivity contribution in [2.24, 2.45) is 5.84 Å². The Morgan fingerprint density at radius 3 is 2.68 bits per heavy atom. The summed E-state index contributed by atoms with van der Waals surface area (Å²) in [6.07, 6.45) is 1.16. The SMILES string of the molecule is CCN(CC)CCOc1ncnc(NN)c1[N+](=O)[O-]. The average Bonchev–Trinajstić information content (AvgIpc) is 2.42. The fourth-order valence-electron chi connectivity index (χ4n) is 1.55. The zero-order valence-corrected chi connectivity index (χ0v) is 11.0. The third-order valence-electron chi connectivity index (χ3n) is 2.65. The molecular formula is C10H18N6O3. The lowest BCUT2D eigenvalue weighted by atomic mass is 10.4. The summed E-state index contributed by atoms with van der Waals surface area (Å²) >= 11 is 0. The van der Waals surface area contributed by atoms with Gasteiger partial charge in [-0.3, -0.25) is 10.1 Å². The molecule has 0 saturated heterocycles. The highest BCUT2D eigenvalue weighted by Crippen LogP contribution is 2.29. The number of hydrogen-bond donors (Lipinski definition) is 2. The van der Waals surface area contributed by atoms with Crippen molar-refractivity contribution in [3.05, 3.63) is 16.4 Å². The Labute approximate surface area is 110 Å². The number of nitrogens with one attached hydrogen (secondary N) is 1. The minimum absolute atomic E-state index is 0.0714. The number of hydrogen-bond acceptors (Lipinski definition) is 8. The van der Waals surface area contributed by atoms with Crippen molar-refractivity contribution in [1.82, 2.24) is 14.9 Å². The molecule has 0 aliphatic heterocycles. The Kier molecular flexibility index (Phi) is 5.90. The molecule has 0 spiro atoms. The molecule has 9 heteroatoms. The second kappa shape index (κ2) is 7.44. The Morgan fingerprint density at radius 2 is 2.16 bits per heavy atom. The molecule has 0 fully saturated rings. The lowest BCUT2D eigenvalue weighted by molar-refractivity contribution is -0.385. The summed E-state index contributed by atoms with van der Waals surface area (Å²) < 4.78 is 5.35. The number of hydrazine groups is 1. The molecule has 0 saturated carbocycles.